The molecule has 0 fully saturated rings. The molecule has 0 radical (unpaired) electrons. The van der Waals surface area contributed by atoms with Crippen LogP contribution in [0.15, 0.2) is 0 Å². The van der Waals surface area contributed by atoms with E-state index < -0.39 is 14.5 Å². The molecule has 0 amide bonds. The van der Waals surface area contributed by atoms with E-state index in [2.05, 4.69) is 0 Å². The Hall–Kier alpha value is 1.17. The van der Waals surface area contributed by atoms with Crippen LogP contribution in [-0.2, 0) is 31.4 Å². The Morgan fingerprint density at radius 3 is 1.17 bits per heavy atom. The van der Waals surface area contributed by atoms with Gasteiger partial charge in [-0.1, -0.05) is 0 Å². The zero-order chi connectivity index (χ0) is 4.50. The Labute approximate surface area is 58.0 Å². The van der Waals surface area contributed by atoms with Crippen LogP contribution in [0.4, 0.5) is 0 Å². The second-order valence-electron chi connectivity index (χ2n) is 0.513. The van der Waals surface area contributed by atoms with Crippen LogP contribution in [0, 0.1) is 0 Å². The first-order valence-corrected chi connectivity index (χ1v) is 4.07. The summed E-state index contributed by atoms with van der Waals surface area (Å²) in [5.41, 5.74) is 0. The van der Waals surface area contributed by atoms with Crippen molar-refractivity contribution < 1.29 is 43.7 Å². The van der Waals surface area contributed by atoms with Crippen molar-refractivity contribution >= 4 is 14.5 Å². The smallest absolute Gasteiger partial charge is 0 e. The predicted octanol–water partition coefficient (Wildman–Crippen LogP) is -2.17. The van der Waals surface area contributed by atoms with Crippen molar-refractivity contribution in [3.63, 3.8) is 0 Å². The molecule has 0 bridgehead atoms. The van der Waals surface area contributed by atoms with E-state index in [4.69, 9.17) is 16.0 Å². The molecule has 0 rings (SSSR count). The van der Waals surface area contributed by atoms with Gasteiger partial charge in [0, 0.05) is 27.7 Å². The Morgan fingerprint density at radius 2 is 1.17 bits per heavy atom. The average Bonchev–Trinajstić information content (AvgIpc) is 0.722. The standard InChI is InChI=1S/AsH3O4.Hg/c2-1(3,4)5;/h(H3,2,3,4,5);. The van der Waals surface area contributed by atoms with Gasteiger partial charge in [-0.25, -0.2) is 0 Å². The molecular weight excluding hydrogens is 340 g/mol. The molecule has 0 aliphatic carbocycles. The molecule has 0 aromatic rings. The van der Waals surface area contributed by atoms with Gasteiger partial charge in [-0.15, -0.1) is 0 Å². The maximum absolute atomic E-state index is 8.94. The molecule has 0 saturated carbocycles. The third-order valence-electron chi connectivity index (χ3n) is 0. The first kappa shape index (κ1) is 10.2. The minimum Gasteiger partial charge on any atom is 0 e. The van der Waals surface area contributed by atoms with Crippen LogP contribution in [-0.4, -0.2) is 26.8 Å². The van der Waals surface area contributed by atoms with Gasteiger partial charge < -0.3 is 0 Å². The van der Waals surface area contributed by atoms with Crippen molar-refractivity contribution in [1.82, 2.24) is 0 Å². The third-order valence-corrected chi connectivity index (χ3v) is 0. The molecule has 34 valence electrons. The van der Waals surface area contributed by atoms with E-state index >= 15 is 0 Å². The van der Waals surface area contributed by atoms with Crippen molar-refractivity contribution in [3.8, 4) is 0 Å². The van der Waals surface area contributed by atoms with E-state index in [0.29, 0.717) is 0 Å². The normalized spacial score (nSPS) is 9.83. The topological polar surface area (TPSA) is 77.8 Å². The molecule has 0 spiro atoms. The largest absolute Gasteiger partial charge is 0 e. The van der Waals surface area contributed by atoms with E-state index in [1.54, 1.807) is 0 Å². The summed E-state index contributed by atoms with van der Waals surface area (Å²) >= 11 is -5.12. The zero-order valence-electron chi connectivity index (χ0n) is 2.90. The van der Waals surface area contributed by atoms with Crippen LogP contribution in [0.5, 0.6) is 0 Å². The Kier molecular flexibility index (Phi) is 5.47. The molecule has 6 heteroatoms. The molecule has 0 saturated heterocycles. The maximum atomic E-state index is 8.94. The quantitative estimate of drug-likeness (QED) is 0.438. The first-order valence-electron chi connectivity index (χ1n) is 0.783. The Balaban J connectivity index is 0. The van der Waals surface area contributed by atoms with Gasteiger partial charge >= 0.3 is 30.5 Å². The van der Waals surface area contributed by atoms with E-state index in [1.807, 2.05) is 0 Å². The van der Waals surface area contributed by atoms with Gasteiger partial charge in [0.15, 0.2) is 0 Å². The molecule has 0 atom stereocenters. The monoisotopic (exact) mass is 344 g/mol. The van der Waals surface area contributed by atoms with Gasteiger partial charge in [-0.3, -0.25) is 0 Å². The van der Waals surface area contributed by atoms with Crippen molar-refractivity contribution in [2.24, 2.45) is 0 Å². The van der Waals surface area contributed by atoms with Crippen molar-refractivity contribution in [3.05, 3.63) is 0 Å². The van der Waals surface area contributed by atoms with E-state index in [0.717, 1.165) is 0 Å². The first-order chi connectivity index (χ1) is 2.00. The molecule has 0 aliphatic heterocycles. The molecule has 0 aliphatic rings. The van der Waals surface area contributed by atoms with Crippen molar-refractivity contribution in [2.45, 2.75) is 0 Å². The van der Waals surface area contributed by atoms with Gasteiger partial charge in [0.2, 0.25) is 0 Å². The van der Waals surface area contributed by atoms with Crippen LogP contribution in [0.3, 0.4) is 0 Å². The summed E-state index contributed by atoms with van der Waals surface area (Å²) in [6, 6.07) is 0. The maximum Gasteiger partial charge on any atom is 0 e. The minimum absolute atomic E-state index is 0. The van der Waals surface area contributed by atoms with Gasteiger partial charge in [0.25, 0.3) is 0 Å². The van der Waals surface area contributed by atoms with Crippen LogP contribution in [0.2, 0.25) is 0 Å². The summed E-state index contributed by atoms with van der Waals surface area (Å²) in [4.78, 5) is 0. The fourth-order valence-electron chi connectivity index (χ4n) is 0. The van der Waals surface area contributed by atoms with Crippen LogP contribution < -0.4 is 0 Å². The molecule has 0 unspecified atom stereocenters. The molecule has 0 heterocycles. The summed E-state index contributed by atoms with van der Waals surface area (Å²) < 4.78 is 30.7. The fraction of sp³-hybridized carbons (Fsp3) is 0. The summed E-state index contributed by atoms with van der Waals surface area (Å²) in [7, 11) is 0. The van der Waals surface area contributed by atoms with Gasteiger partial charge in [0.05, 0.1) is 0 Å². The summed E-state index contributed by atoms with van der Waals surface area (Å²) in [5, 5.41) is 0. The second-order valence-corrected chi connectivity index (χ2v) is 2.67. The number of hydrogen-bond donors (Lipinski definition) is 3. The minimum atomic E-state index is -5.12. The Morgan fingerprint density at radius 1 is 1.17 bits per heavy atom. The number of hydrogen-bond acceptors (Lipinski definition) is 1. The Bertz CT molecular complexity index is 53.7. The molecule has 4 nitrogen and oxygen atoms in total. The molecular formula is H3AsHgO4. The molecule has 0 aromatic carbocycles. The fourth-order valence-corrected chi connectivity index (χ4v) is 0. The van der Waals surface area contributed by atoms with Gasteiger partial charge in [-0.05, 0) is 0 Å². The van der Waals surface area contributed by atoms with Crippen LogP contribution in [0.25, 0.3) is 0 Å². The molecule has 6 heavy (non-hydrogen) atoms. The van der Waals surface area contributed by atoms with Crippen molar-refractivity contribution in [1.29, 1.82) is 0 Å². The van der Waals surface area contributed by atoms with E-state index in [1.165, 1.54) is 0 Å². The van der Waals surface area contributed by atoms with E-state index in [-0.39, 0.29) is 27.7 Å². The zero-order valence-corrected chi connectivity index (χ0v) is 10.3. The van der Waals surface area contributed by atoms with E-state index in [9.17, 15) is 0 Å². The van der Waals surface area contributed by atoms with Crippen LogP contribution in [0.1, 0.15) is 0 Å². The second kappa shape index (κ2) is 3.21. The summed E-state index contributed by atoms with van der Waals surface area (Å²) in [6.45, 7) is 0. The summed E-state index contributed by atoms with van der Waals surface area (Å²) in [6.07, 6.45) is 0. The average molecular weight is 343 g/mol. The van der Waals surface area contributed by atoms with Gasteiger partial charge in [-0.2, -0.15) is 0 Å². The SMILES string of the molecule is O=[As](O)(O)O.[Hg]. The van der Waals surface area contributed by atoms with Gasteiger partial charge in [0.1, 0.15) is 0 Å². The van der Waals surface area contributed by atoms with Crippen molar-refractivity contribution in [2.75, 3.05) is 0 Å². The third kappa shape index (κ3) is 65.4. The molecule has 3 N–H and O–H groups in total. The van der Waals surface area contributed by atoms with Crippen LogP contribution >= 0.6 is 0 Å². The predicted molar refractivity (Wildman–Crippen MR) is 13.1 cm³/mol. The molecule has 0 aromatic heterocycles. The summed E-state index contributed by atoms with van der Waals surface area (Å²) in [5.74, 6) is 0. The number of rotatable bonds is 0.